The Hall–Kier alpha value is -2.73. The highest BCUT2D eigenvalue weighted by molar-refractivity contribution is 6.04. The van der Waals surface area contributed by atoms with E-state index >= 15 is 0 Å². The summed E-state index contributed by atoms with van der Waals surface area (Å²) in [6.45, 7) is 2.05. The first-order chi connectivity index (χ1) is 11.1. The van der Waals surface area contributed by atoms with Crippen molar-refractivity contribution in [3.8, 4) is 0 Å². The van der Waals surface area contributed by atoms with Crippen molar-refractivity contribution in [1.82, 2.24) is 4.98 Å². The summed E-state index contributed by atoms with van der Waals surface area (Å²) >= 11 is 0. The normalized spacial score (nSPS) is 11.6. The first-order valence-electron chi connectivity index (χ1n) is 7.32. The van der Waals surface area contributed by atoms with Crippen molar-refractivity contribution in [1.29, 1.82) is 0 Å². The highest BCUT2D eigenvalue weighted by Crippen LogP contribution is 2.12. The van der Waals surface area contributed by atoms with E-state index in [4.69, 9.17) is 10.5 Å². The number of ether oxygens (including phenoxy) is 1. The number of hydrogen-bond donors (Lipinski definition) is 2. The second-order valence-electron chi connectivity index (χ2n) is 4.95. The Bertz CT molecular complexity index is 657. The van der Waals surface area contributed by atoms with Crippen molar-refractivity contribution >= 4 is 17.6 Å². The number of pyridine rings is 1. The Morgan fingerprint density at radius 3 is 2.43 bits per heavy atom. The van der Waals surface area contributed by atoms with Crippen LogP contribution in [0.5, 0.6) is 0 Å². The number of anilines is 1. The van der Waals surface area contributed by atoms with Crippen molar-refractivity contribution < 1.29 is 14.3 Å². The molecule has 0 spiro atoms. The molecule has 0 radical (unpaired) electrons. The maximum atomic E-state index is 12.0. The molecule has 1 aromatic heterocycles. The molecule has 0 aliphatic heterocycles. The zero-order valence-electron chi connectivity index (χ0n) is 12.9. The number of rotatable bonds is 6. The molecule has 120 valence electrons. The third-order valence-electron chi connectivity index (χ3n) is 3.20. The molecule has 23 heavy (non-hydrogen) atoms. The first kappa shape index (κ1) is 16.6. The Labute approximate surface area is 134 Å². The summed E-state index contributed by atoms with van der Waals surface area (Å²) in [5, 5.41) is 2.79. The number of hydrogen-bond acceptors (Lipinski definition) is 5. The van der Waals surface area contributed by atoms with Gasteiger partial charge in [0.15, 0.2) is 0 Å². The Kier molecular flexibility index (Phi) is 5.82. The molecule has 1 aromatic carbocycles. The number of nitrogens with one attached hydrogen (secondary N) is 1. The number of esters is 1. The van der Waals surface area contributed by atoms with Crippen molar-refractivity contribution in [2.45, 2.75) is 19.4 Å². The van der Waals surface area contributed by atoms with E-state index in [0.29, 0.717) is 24.3 Å². The third-order valence-corrected chi connectivity index (χ3v) is 3.20. The number of carbonyl (C=O) groups excluding carboxylic acids is 2. The van der Waals surface area contributed by atoms with Gasteiger partial charge in [0.1, 0.15) is 6.04 Å². The lowest BCUT2D eigenvalue weighted by molar-refractivity contribution is -0.144. The van der Waals surface area contributed by atoms with Gasteiger partial charge < -0.3 is 15.8 Å². The molecule has 6 heteroatoms. The summed E-state index contributed by atoms with van der Waals surface area (Å²) in [5.74, 6) is -0.619. The topological polar surface area (TPSA) is 94.3 Å². The largest absolute Gasteiger partial charge is 0.465 e. The van der Waals surface area contributed by atoms with Crippen molar-refractivity contribution in [2.75, 3.05) is 11.9 Å². The second-order valence-corrected chi connectivity index (χ2v) is 4.95. The SMILES string of the molecule is CCOC(=O)[C@@H](N)Cc1ccc(NC(=O)c2ccncc2)cc1. The van der Waals surface area contributed by atoms with Gasteiger partial charge in [-0.05, 0) is 43.2 Å². The van der Waals surface area contributed by atoms with Crippen LogP contribution in [-0.4, -0.2) is 29.5 Å². The lowest BCUT2D eigenvalue weighted by atomic mass is 10.1. The van der Waals surface area contributed by atoms with Crippen LogP contribution >= 0.6 is 0 Å². The van der Waals surface area contributed by atoms with E-state index in [1.807, 2.05) is 12.1 Å². The summed E-state index contributed by atoms with van der Waals surface area (Å²) in [6, 6.07) is 9.78. The smallest absolute Gasteiger partial charge is 0.323 e. The number of aromatic nitrogens is 1. The van der Waals surface area contributed by atoms with Crippen molar-refractivity contribution in [3.05, 3.63) is 59.9 Å². The van der Waals surface area contributed by atoms with Crippen LogP contribution in [-0.2, 0) is 16.0 Å². The van der Waals surface area contributed by atoms with Gasteiger partial charge in [-0.2, -0.15) is 0 Å². The van der Waals surface area contributed by atoms with Gasteiger partial charge in [-0.3, -0.25) is 14.6 Å². The molecule has 2 aromatic rings. The molecule has 2 rings (SSSR count). The minimum atomic E-state index is -0.688. The maximum absolute atomic E-state index is 12.0. The van der Waals surface area contributed by atoms with Crippen LogP contribution in [0.2, 0.25) is 0 Å². The van der Waals surface area contributed by atoms with E-state index in [1.54, 1.807) is 43.6 Å². The number of amides is 1. The van der Waals surface area contributed by atoms with Gasteiger partial charge in [0.25, 0.3) is 5.91 Å². The fraction of sp³-hybridized carbons (Fsp3) is 0.235. The predicted molar refractivity (Wildman–Crippen MR) is 86.9 cm³/mol. The van der Waals surface area contributed by atoms with Gasteiger partial charge in [-0.1, -0.05) is 12.1 Å². The summed E-state index contributed by atoms with van der Waals surface area (Å²) in [4.78, 5) is 27.4. The summed E-state index contributed by atoms with van der Waals surface area (Å²) < 4.78 is 4.88. The molecule has 1 amide bonds. The molecule has 0 aliphatic rings. The second kappa shape index (κ2) is 8.05. The molecule has 0 bridgehead atoms. The first-order valence-corrected chi connectivity index (χ1v) is 7.32. The lowest BCUT2D eigenvalue weighted by Crippen LogP contribution is -2.34. The molecule has 0 saturated heterocycles. The minimum absolute atomic E-state index is 0.205. The van der Waals surface area contributed by atoms with Crippen LogP contribution in [0, 0.1) is 0 Å². The number of nitrogens with two attached hydrogens (primary N) is 1. The molecule has 0 saturated carbocycles. The van der Waals surface area contributed by atoms with Crippen LogP contribution in [0.25, 0.3) is 0 Å². The van der Waals surface area contributed by atoms with Gasteiger partial charge in [0.05, 0.1) is 6.61 Å². The molecular weight excluding hydrogens is 294 g/mol. The van der Waals surface area contributed by atoms with E-state index in [0.717, 1.165) is 5.56 Å². The zero-order chi connectivity index (χ0) is 16.7. The number of carbonyl (C=O) groups is 2. The Morgan fingerprint density at radius 2 is 1.83 bits per heavy atom. The Balaban J connectivity index is 1.94. The average molecular weight is 313 g/mol. The summed E-state index contributed by atoms with van der Waals surface area (Å²) in [7, 11) is 0. The van der Waals surface area contributed by atoms with Crippen LogP contribution in [0.15, 0.2) is 48.8 Å². The van der Waals surface area contributed by atoms with Crippen LogP contribution in [0.4, 0.5) is 5.69 Å². The van der Waals surface area contributed by atoms with E-state index in [9.17, 15) is 9.59 Å². The van der Waals surface area contributed by atoms with Crippen LogP contribution in [0.3, 0.4) is 0 Å². The fourth-order valence-corrected chi connectivity index (χ4v) is 2.02. The van der Waals surface area contributed by atoms with E-state index < -0.39 is 12.0 Å². The average Bonchev–Trinajstić information content (AvgIpc) is 2.57. The fourth-order valence-electron chi connectivity index (χ4n) is 2.02. The molecule has 0 fully saturated rings. The predicted octanol–water partition coefficient (Wildman–Crippen LogP) is 1.77. The van der Waals surface area contributed by atoms with Gasteiger partial charge in [-0.25, -0.2) is 0 Å². The quantitative estimate of drug-likeness (QED) is 0.793. The van der Waals surface area contributed by atoms with Gasteiger partial charge in [0.2, 0.25) is 0 Å². The van der Waals surface area contributed by atoms with Gasteiger partial charge in [0, 0.05) is 23.6 Å². The zero-order valence-corrected chi connectivity index (χ0v) is 12.9. The molecule has 0 unspecified atom stereocenters. The van der Waals surface area contributed by atoms with E-state index in [1.165, 1.54) is 0 Å². The van der Waals surface area contributed by atoms with Gasteiger partial charge in [-0.15, -0.1) is 0 Å². The highest BCUT2D eigenvalue weighted by atomic mass is 16.5. The highest BCUT2D eigenvalue weighted by Gasteiger charge is 2.15. The van der Waals surface area contributed by atoms with E-state index in [2.05, 4.69) is 10.3 Å². The molecule has 0 aliphatic carbocycles. The maximum Gasteiger partial charge on any atom is 0.323 e. The number of benzene rings is 1. The van der Waals surface area contributed by atoms with Gasteiger partial charge >= 0.3 is 5.97 Å². The molecule has 6 nitrogen and oxygen atoms in total. The van der Waals surface area contributed by atoms with Crippen molar-refractivity contribution in [2.24, 2.45) is 5.73 Å². The summed E-state index contributed by atoms with van der Waals surface area (Å²) in [5.41, 5.74) is 7.88. The molecular formula is C17H19N3O3. The van der Waals surface area contributed by atoms with Crippen LogP contribution < -0.4 is 11.1 Å². The lowest BCUT2D eigenvalue weighted by Gasteiger charge is -2.11. The minimum Gasteiger partial charge on any atom is -0.465 e. The monoisotopic (exact) mass is 313 g/mol. The Morgan fingerprint density at radius 1 is 1.17 bits per heavy atom. The van der Waals surface area contributed by atoms with E-state index in [-0.39, 0.29) is 5.91 Å². The molecule has 3 N–H and O–H groups in total. The van der Waals surface area contributed by atoms with Crippen LogP contribution in [0.1, 0.15) is 22.8 Å². The standard InChI is InChI=1S/C17H19N3O3/c1-2-23-17(22)15(18)11-12-3-5-14(6-4-12)20-16(21)13-7-9-19-10-8-13/h3-10,15H,2,11,18H2,1H3,(H,20,21)/t15-/m0/s1. The number of nitrogens with zero attached hydrogens (tertiary/aromatic N) is 1. The van der Waals surface area contributed by atoms with Crippen molar-refractivity contribution in [3.63, 3.8) is 0 Å². The summed E-state index contributed by atoms with van der Waals surface area (Å²) in [6.07, 6.45) is 3.51. The third kappa shape index (κ3) is 4.89. The molecule has 1 heterocycles. The molecule has 1 atom stereocenters.